The van der Waals surface area contributed by atoms with Crippen LogP contribution >= 0.6 is 0 Å². The van der Waals surface area contributed by atoms with Gasteiger partial charge in [0.05, 0.1) is 48.1 Å². The first-order valence-corrected chi connectivity index (χ1v) is 14.5. The third kappa shape index (κ3) is 4.59. The molecule has 7 rings (SSSR count). The zero-order valence-corrected chi connectivity index (χ0v) is 24.6. The second-order valence-corrected chi connectivity index (χ2v) is 10.4. The minimum absolute atomic E-state index is 0.314. The number of para-hydroxylation sites is 4. The normalized spacial score (nSPS) is 14.9. The highest BCUT2D eigenvalue weighted by Gasteiger charge is 2.42. The van der Waals surface area contributed by atoms with Gasteiger partial charge in [-0.1, -0.05) is 48.5 Å². The first kappa shape index (κ1) is 27.2. The van der Waals surface area contributed by atoms with Crippen molar-refractivity contribution in [3.63, 3.8) is 0 Å². The monoisotopic (exact) mass is 582 g/mol. The Morgan fingerprint density at radius 3 is 2.39 bits per heavy atom. The summed E-state index contributed by atoms with van der Waals surface area (Å²) in [5, 5.41) is 8.48. The third-order valence-corrected chi connectivity index (χ3v) is 7.73. The Labute approximate surface area is 255 Å². The van der Waals surface area contributed by atoms with Gasteiger partial charge in [-0.3, -0.25) is 0 Å². The van der Waals surface area contributed by atoms with Crippen LogP contribution in [-0.2, 0) is 4.74 Å². The van der Waals surface area contributed by atoms with Crippen LogP contribution in [0.15, 0.2) is 113 Å². The largest absolute Gasteiger partial charge is 0.496 e. The molecule has 2 aliphatic rings. The van der Waals surface area contributed by atoms with Crippen LogP contribution in [0.2, 0.25) is 0 Å². The maximum absolute atomic E-state index is 12.3. The molecule has 0 fully saturated rings. The van der Waals surface area contributed by atoms with Gasteiger partial charge in [-0.25, -0.2) is 19.5 Å². The van der Waals surface area contributed by atoms with Gasteiger partial charge in [-0.2, -0.15) is 5.10 Å². The molecule has 0 saturated carbocycles. The van der Waals surface area contributed by atoms with E-state index in [9.17, 15) is 4.79 Å². The number of carbonyl (C=O) groups is 1. The lowest BCUT2D eigenvalue weighted by Crippen LogP contribution is -2.46. The average molecular weight is 583 g/mol. The van der Waals surface area contributed by atoms with Crippen LogP contribution in [0.5, 0.6) is 5.75 Å². The summed E-state index contributed by atoms with van der Waals surface area (Å²) in [6.45, 7) is 4.13. The first-order chi connectivity index (χ1) is 21.6. The number of nitrogens with one attached hydrogen (secondary N) is 1. The van der Waals surface area contributed by atoms with E-state index in [1.54, 1.807) is 26.2 Å². The number of benzene rings is 4. The van der Waals surface area contributed by atoms with Gasteiger partial charge in [0.15, 0.2) is 17.5 Å². The molecule has 9 nitrogen and oxygen atoms in total. The standard InChI is InChI=1S/C35H30N6O3/c1-4-44-35(42)23-18-20-24(21-19-23)36-32-34-38-33-30(22(2)39-41(33)25-12-6-5-7-13-25)31(26-14-8-11-17-29(26)43-3)40(34)28-16-10-9-15-27(28)37-32/h5-21,31H,4H2,1-3H3,(H,36,37)/t31-/m0/s1. The van der Waals surface area contributed by atoms with Crippen molar-refractivity contribution in [1.29, 1.82) is 0 Å². The Bertz CT molecular complexity index is 1930. The van der Waals surface area contributed by atoms with Crippen molar-refractivity contribution in [3.05, 3.63) is 126 Å². The number of aryl methyl sites for hydroxylation is 1. The highest BCUT2D eigenvalue weighted by Crippen LogP contribution is 2.49. The van der Waals surface area contributed by atoms with E-state index in [0.29, 0.717) is 23.8 Å². The van der Waals surface area contributed by atoms with Gasteiger partial charge in [-0.05, 0) is 68.4 Å². The van der Waals surface area contributed by atoms with Gasteiger partial charge in [0.25, 0.3) is 0 Å². The molecule has 0 unspecified atom stereocenters. The summed E-state index contributed by atoms with van der Waals surface area (Å²) in [7, 11) is 1.69. The van der Waals surface area contributed by atoms with Crippen molar-refractivity contribution in [1.82, 2.24) is 9.78 Å². The fraction of sp³-hybridized carbons (Fsp3) is 0.143. The number of aromatic nitrogens is 2. The predicted octanol–water partition coefficient (Wildman–Crippen LogP) is 7.16. The highest BCUT2D eigenvalue weighted by atomic mass is 16.5. The molecule has 0 spiro atoms. The number of carbonyl (C=O) groups excluding carboxylic acids is 1. The number of ether oxygens (including phenoxy) is 2. The summed E-state index contributed by atoms with van der Waals surface area (Å²) in [5.41, 5.74) is 6.69. The van der Waals surface area contributed by atoms with Gasteiger partial charge in [-0.15, -0.1) is 0 Å². The number of fused-ring (bicyclic) bond motifs is 4. The van der Waals surface area contributed by atoms with Crippen molar-refractivity contribution in [2.45, 2.75) is 19.9 Å². The Morgan fingerprint density at radius 1 is 0.886 bits per heavy atom. The fourth-order valence-corrected chi connectivity index (χ4v) is 5.77. The molecule has 0 saturated heterocycles. The molecular weight excluding hydrogens is 552 g/mol. The Balaban J connectivity index is 1.43. The number of hydrogen-bond acceptors (Lipinski definition) is 8. The molecule has 0 amide bonds. The van der Waals surface area contributed by atoms with Crippen molar-refractivity contribution < 1.29 is 14.3 Å². The van der Waals surface area contributed by atoms with Crippen LogP contribution in [0.3, 0.4) is 0 Å². The van der Waals surface area contributed by atoms with Gasteiger partial charge >= 0.3 is 5.97 Å². The second kappa shape index (κ2) is 11.2. The number of amidine groups is 2. The molecule has 1 atom stereocenters. The van der Waals surface area contributed by atoms with Crippen molar-refractivity contribution >= 4 is 40.5 Å². The zero-order valence-electron chi connectivity index (χ0n) is 24.6. The van der Waals surface area contributed by atoms with E-state index in [1.807, 2.05) is 90.5 Å². The van der Waals surface area contributed by atoms with Gasteiger partial charge in [0.1, 0.15) is 5.75 Å². The highest BCUT2D eigenvalue weighted by molar-refractivity contribution is 6.51. The van der Waals surface area contributed by atoms with Crippen molar-refractivity contribution in [3.8, 4) is 11.4 Å². The molecule has 0 bridgehead atoms. The van der Waals surface area contributed by atoms with Crippen LogP contribution in [0.1, 0.15) is 40.1 Å². The van der Waals surface area contributed by atoms with Gasteiger partial charge < -0.3 is 19.7 Å². The van der Waals surface area contributed by atoms with E-state index in [-0.39, 0.29) is 12.0 Å². The molecule has 2 aliphatic heterocycles. The number of rotatable bonds is 6. The maximum atomic E-state index is 12.3. The Morgan fingerprint density at radius 2 is 1.61 bits per heavy atom. The van der Waals surface area contributed by atoms with Gasteiger partial charge in [0.2, 0.25) is 0 Å². The summed E-state index contributed by atoms with van der Waals surface area (Å²) in [5.74, 6) is 2.33. The number of aliphatic imine (C=N–C) groups is 2. The maximum Gasteiger partial charge on any atom is 0.338 e. The predicted molar refractivity (Wildman–Crippen MR) is 172 cm³/mol. The summed E-state index contributed by atoms with van der Waals surface area (Å²) in [6.07, 6.45) is 0. The SMILES string of the molecule is CCOC(=O)c1ccc(NC2=Nc3ccccc3N3C2=Nc2c(c(C)nn2-c2ccccc2)[C@@H]3c2ccccc2OC)cc1. The molecule has 5 aromatic rings. The van der Waals surface area contributed by atoms with E-state index in [2.05, 4.69) is 22.3 Å². The smallest absolute Gasteiger partial charge is 0.338 e. The second-order valence-electron chi connectivity index (χ2n) is 10.4. The number of anilines is 2. The lowest BCUT2D eigenvalue weighted by molar-refractivity contribution is 0.0526. The zero-order chi connectivity index (χ0) is 30.2. The van der Waals surface area contributed by atoms with E-state index in [0.717, 1.165) is 51.1 Å². The molecular formula is C35H30N6O3. The quantitative estimate of drug-likeness (QED) is 0.214. The molecule has 0 radical (unpaired) electrons. The van der Waals surface area contributed by atoms with Crippen LogP contribution in [0.25, 0.3) is 5.69 Å². The molecule has 218 valence electrons. The molecule has 3 heterocycles. The molecule has 44 heavy (non-hydrogen) atoms. The van der Waals surface area contributed by atoms with E-state index >= 15 is 0 Å². The average Bonchev–Trinajstić information content (AvgIpc) is 3.40. The van der Waals surface area contributed by atoms with Crippen LogP contribution < -0.4 is 15.0 Å². The van der Waals surface area contributed by atoms with E-state index < -0.39 is 0 Å². The molecule has 9 heteroatoms. The minimum atomic E-state index is -0.359. The summed E-state index contributed by atoms with van der Waals surface area (Å²) in [6, 6.07) is 32.9. The lowest BCUT2D eigenvalue weighted by atomic mass is 9.92. The van der Waals surface area contributed by atoms with E-state index in [4.69, 9.17) is 24.6 Å². The molecule has 0 aliphatic carbocycles. The molecule has 4 aromatic carbocycles. The van der Waals surface area contributed by atoms with Crippen LogP contribution in [0.4, 0.5) is 22.9 Å². The third-order valence-electron chi connectivity index (χ3n) is 7.73. The van der Waals surface area contributed by atoms with Crippen molar-refractivity contribution in [2.24, 2.45) is 9.98 Å². The number of hydrogen-bond donors (Lipinski definition) is 1. The number of nitrogens with zero attached hydrogens (tertiary/aromatic N) is 5. The summed E-state index contributed by atoms with van der Waals surface area (Å²) < 4.78 is 13.0. The number of esters is 1. The molecule has 1 aromatic heterocycles. The van der Waals surface area contributed by atoms with Crippen LogP contribution in [0, 0.1) is 6.92 Å². The topological polar surface area (TPSA) is 93.3 Å². The first-order valence-electron chi connectivity index (χ1n) is 14.5. The van der Waals surface area contributed by atoms with Gasteiger partial charge in [0, 0.05) is 16.8 Å². The lowest BCUT2D eigenvalue weighted by Gasteiger charge is -2.41. The van der Waals surface area contributed by atoms with E-state index in [1.165, 1.54) is 0 Å². The van der Waals surface area contributed by atoms with Crippen LogP contribution in [-0.4, -0.2) is 41.1 Å². The summed E-state index contributed by atoms with van der Waals surface area (Å²) in [4.78, 5) is 24.8. The fourth-order valence-electron chi connectivity index (χ4n) is 5.77. The minimum Gasteiger partial charge on any atom is -0.496 e. The molecule has 1 N–H and O–H groups in total. The summed E-state index contributed by atoms with van der Waals surface area (Å²) >= 11 is 0. The Kier molecular flexibility index (Phi) is 6.90. The number of methoxy groups -OCH3 is 1. The Hall–Kier alpha value is -5.70. The van der Waals surface area contributed by atoms with Crippen molar-refractivity contribution in [2.75, 3.05) is 23.9 Å².